The van der Waals surface area contributed by atoms with Crippen LogP contribution in [0.5, 0.6) is 0 Å². The molecule has 9 heteroatoms. The van der Waals surface area contributed by atoms with Gasteiger partial charge in [0.1, 0.15) is 0 Å². The second kappa shape index (κ2) is 11.6. The molecule has 33 heavy (non-hydrogen) atoms. The van der Waals surface area contributed by atoms with Crippen LogP contribution in [0.15, 0.2) is 60.8 Å². The summed E-state index contributed by atoms with van der Waals surface area (Å²) in [6.07, 6.45) is 3.11. The Morgan fingerprint density at radius 2 is 1.79 bits per heavy atom. The van der Waals surface area contributed by atoms with Crippen molar-refractivity contribution >= 4 is 23.2 Å². The molecule has 172 valence electrons. The van der Waals surface area contributed by atoms with Gasteiger partial charge in [-0.3, -0.25) is 9.48 Å². The zero-order valence-electron chi connectivity index (χ0n) is 18.6. The lowest BCUT2D eigenvalue weighted by molar-refractivity contribution is -0.112. The number of hydrogen-bond donors (Lipinski definition) is 4. The Kier molecular flexibility index (Phi) is 8.29. The van der Waals surface area contributed by atoms with Crippen LogP contribution in [-0.4, -0.2) is 39.1 Å². The van der Waals surface area contributed by atoms with Gasteiger partial charge >= 0.3 is 6.03 Å². The van der Waals surface area contributed by atoms with Crippen LogP contribution < -0.4 is 16.4 Å². The first-order valence-corrected chi connectivity index (χ1v) is 10.8. The molecule has 3 rings (SSSR count). The van der Waals surface area contributed by atoms with Crippen molar-refractivity contribution in [2.45, 2.75) is 32.9 Å². The summed E-state index contributed by atoms with van der Waals surface area (Å²) in [5.74, 6) is -0.738. The number of carbonyl (C=O) groups is 2. The zero-order valence-corrected chi connectivity index (χ0v) is 18.6. The van der Waals surface area contributed by atoms with Crippen molar-refractivity contribution in [3.63, 3.8) is 0 Å². The molecule has 9 nitrogen and oxygen atoms in total. The Labute approximate surface area is 192 Å². The number of carbonyl (C=O) groups excluding carboxylic acids is 2. The Morgan fingerprint density at radius 1 is 1.06 bits per heavy atom. The summed E-state index contributed by atoms with van der Waals surface area (Å²) in [4.78, 5) is 24.5. The molecule has 0 aliphatic heterocycles. The van der Waals surface area contributed by atoms with E-state index in [1.807, 2.05) is 55.6 Å². The normalized spacial score (nSPS) is 11.5. The highest BCUT2D eigenvalue weighted by Gasteiger charge is 2.21. The van der Waals surface area contributed by atoms with Crippen molar-refractivity contribution in [1.29, 1.82) is 5.41 Å². The Hall–Kier alpha value is -4.01. The topological polar surface area (TPSA) is 139 Å². The van der Waals surface area contributed by atoms with E-state index in [2.05, 4.69) is 20.9 Å². The summed E-state index contributed by atoms with van der Waals surface area (Å²) in [5, 5.41) is 21.8. The number of nitrogen functional groups attached to an aromatic ring is 1. The molecule has 0 bridgehead atoms. The van der Waals surface area contributed by atoms with Crippen molar-refractivity contribution in [1.82, 2.24) is 25.6 Å². The fraction of sp³-hybridized carbons (Fsp3) is 0.292. The highest BCUT2D eigenvalue weighted by Crippen LogP contribution is 2.11. The number of urea groups is 1. The van der Waals surface area contributed by atoms with Crippen LogP contribution in [0.25, 0.3) is 0 Å². The molecule has 1 aromatic heterocycles. The molecule has 5 N–H and O–H groups in total. The number of Topliss-reactive ketones (excluding diaryl/α,β-unsaturated/α-hetero) is 1. The largest absolute Gasteiger partial charge is 0.399 e. The van der Waals surface area contributed by atoms with Crippen LogP contribution in [0.4, 0.5) is 10.5 Å². The van der Waals surface area contributed by atoms with Crippen molar-refractivity contribution in [3.8, 4) is 0 Å². The van der Waals surface area contributed by atoms with Gasteiger partial charge in [0.25, 0.3) is 0 Å². The monoisotopic (exact) mass is 447 g/mol. The minimum Gasteiger partial charge on any atom is -0.399 e. The summed E-state index contributed by atoms with van der Waals surface area (Å²) < 4.78 is 1.67. The molecular weight excluding hydrogens is 418 g/mol. The van der Waals surface area contributed by atoms with E-state index < -0.39 is 11.8 Å². The number of nitrogens with zero attached hydrogens (tertiary/aromatic N) is 3. The van der Waals surface area contributed by atoms with Crippen LogP contribution in [0.2, 0.25) is 0 Å². The van der Waals surface area contributed by atoms with Crippen LogP contribution in [0.3, 0.4) is 0 Å². The zero-order chi connectivity index (χ0) is 23.6. The maximum atomic E-state index is 12.5. The molecule has 0 saturated carbocycles. The predicted molar refractivity (Wildman–Crippen MR) is 127 cm³/mol. The van der Waals surface area contributed by atoms with E-state index in [4.69, 9.17) is 11.1 Å². The van der Waals surface area contributed by atoms with E-state index in [0.717, 1.165) is 16.8 Å². The number of nitrogens with one attached hydrogen (secondary N) is 3. The Morgan fingerprint density at radius 3 is 2.48 bits per heavy atom. The van der Waals surface area contributed by atoms with E-state index in [1.54, 1.807) is 16.8 Å². The SMILES string of the molecule is CC[C@H](Cn1cc(Cc2ccccc2)nn1)C(=N)C(=O)CNC(=O)NCc1ccc(N)cc1. The number of anilines is 1. The average molecular weight is 448 g/mol. The third kappa shape index (κ3) is 7.27. The van der Waals surface area contributed by atoms with Gasteiger partial charge < -0.3 is 21.8 Å². The predicted octanol–water partition coefficient (Wildman–Crippen LogP) is 2.57. The number of nitrogens with two attached hydrogens (primary N) is 1. The maximum absolute atomic E-state index is 12.5. The van der Waals surface area contributed by atoms with Crippen LogP contribution in [-0.2, 0) is 24.3 Å². The van der Waals surface area contributed by atoms with Crippen molar-refractivity contribution < 1.29 is 9.59 Å². The summed E-state index contributed by atoms with van der Waals surface area (Å²) in [7, 11) is 0. The van der Waals surface area contributed by atoms with E-state index in [9.17, 15) is 9.59 Å². The lowest BCUT2D eigenvalue weighted by atomic mass is 9.97. The molecule has 1 heterocycles. The van der Waals surface area contributed by atoms with Gasteiger partial charge in [0.15, 0.2) is 5.78 Å². The fourth-order valence-electron chi connectivity index (χ4n) is 3.33. The highest BCUT2D eigenvalue weighted by molar-refractivity contribution is 6.40. The van der Waals surface area contributed by atoms with Crippen LogP contribution in [0, 0.1) is 11.3 Å². The number of amides is 2. The molecule has 1 atom stereocenters. The summed E-state index contributed by atoms with van der Waals surface area (Å²) in [6.45, 7) is 2.37. The highest BCUT2D eigenvalue weighted by atomic mass is 16.2. The van der Waals surface area contributed by atoms with Gasteiger partial charge in [-0.2, -0.15) is 0 Å². The number of hydrogen-bond acceptors (Lipinski definition) is 6. The maximum Gasteiger partial charge on any atom is 0.315 e. The first-order valence-electron chi connectivity index (χ1n) is 10.8. The molecule has 0 radical (unpaired) electrons. The van der Waals surface area contributed by atoms with Crippen molar-refractivity contribution in [3.05, 3.63) is 77.6 Å². The molecule has 3 aromatic rings. The smallest absolute Gasteiger partial charge is 0.315 e. The first-order chi connectivity index (χ1) is 15.9. The van der Waals surface area contributed by atoms with E-state index in [0.29, 0.717) is 31.6 Å². The Balaban J connectivity index is 1.45. The molecule has 0 aliphatic rings. The number of aromatic nitrogens is 3. The molecular formula is C24H29N7O2. The van der Waals surface area contributed by atoms with Crippen LogP contribution >= 0.6 is 0 Å². The van der Waals surface area contributed by atoms with Gasteiger partial charge in [-0.15, -0.1) is 5.10 Å². The van der Waals surface area contributed by atoms with Gasteiger partial charge in [-0.1, -0.05) is 54.6 Å². The molecule has 0 unspecified atom stereocenters. The molecule has 2 aromatic carbocycles. The van der Waals surface area contributed by atoms with Crippen molar-refractivity contribution in [2.75, 3.05) is 12.3 Å². The minimum absolute atomic E-state index is 0.0311. The van der Waals surface area contributed by atoms with Crippen LogP contribution in [0.1, 0.15) is 30.2 Å². The van der Waals surface area contributed by atoms with Crippen molar-refractivity contribution in [2.24, 2.45) is 5.92 Å². The summed E-state index contributed by atoms with van der Waals surface area (Å²) >= 11 is 0. The molecule has 2 amide bonds. The van der Waals surface area contributed by atoms with E-state index in [-0.39, 0.29) is 18.2 Å². The lowest BCUT2D eigenvalue weighted by Gasteiger charge is -2.15. The van der Waals surface area contributed by atoms with E-state index in [1.165, 1.54) is 0 Å². The molecule has 0 saturated heterocycles. The number of ketones is 1. The summed E-state index contributed by atoms with van der Waals surface area (Å²) in [6, 6.07) is 16.7. The second-order valence-corrected chi connectivity index (χ2v) is 7.81. The minimum atomic E-state index is -0.470. The Bertz CT molecular complexity index is 1080. The van der Waals surface area contributed by atoms with Gasteiger partial charge in [-0.25, -0.2) is 4.79 Å². The second-order valence-electron chi connectivity index (χ2n) is 7.81. The standard InChI is InChI=1S/C24H29N7O2/c1-2-19(15-31-16-21(29-30-31)12-17-6-4-3-5-7-17)23(26)22(32)14-28-24(33)27-13-18-8-10-20(25)11-9-18/h3-11,16,19,26H,2,12-15,25H2,1H3,(H2,27,28,33)/t19-/m1/s1. The third-order valence-electron chi connectivity index (χ3n) is 5.27. The van der Waals surface area contributed by atoms with E-state index >= 15 is 0 Å². The third-order valence-corrected chi connectivity index (χ3v) is 5.27. The number of benzene rings is 2. The first kappa shape index (κ1) is 23.6. The quantitative estimate of drug-likeness (QED) is 0.264. The summed E-state index contributed by atoms with van der Waals surface area (Å²) in [5.41, 5.74) is 9.12. The van der Waals surface area contributed by atoms with Gasteiger partial charge in [0.2, 0.25) is 0 Å². The molecule has 0 aliphatic carbocycles. The van der Waals surface area contributed by atoms with Gasteiger partial charge in [0, 0.05) is 30.8 Å². The molecule has 0 spiro atoms. The fourth-order valence-corrected chi connectivity index (χ4v) is 3.33. The molecule has 0 fully saturated rings. The average Bonchev–Trinajstić information content (AvgIpc) is 3.27. The van der Waals surface area contributed by atoms with Gasteiger partial charge in [0.05, 0.1) is 24.5 Å². The number of rotatable bonds is 11. The van der Waals surface area contributed by atoms with Gasteiger partial charge in [-0.05, 0) is 29.7 Å². The lowest BCUT2D eigenvalue weighted by Crippen LogP contribution is -2.41.